The van der Waals surface area contributed by atoms with Gasteiger partial charge in [-0.05, 0) is 20.8 Å². The van der Waals surface area contributed by atoms with E-state index in [4.69, 9.17) is 0 Å². The van der Waals surface area contributed by atoms with Crippen LogP contribution in [0.4, 0.5) is 0 Å². The first-order valence-electron chi connectivity index (χ1n) is 4.45. The highest BCUT2D eigenvalue weighted by molar-refractivity contribution is 7.15. The fraction of sp³-hybridized carbons (Fsp3) is 0.400. The zero-order valence-electron chi connectivity index (χ0n) is 8.44. The molecule has 0 bridgehead atoms. The Morgan fingerprint density at radius 3 is 2.93 bits per heavy atom. The van der Waals surface area contributed by atoms with E-state index in [9.17, 15) is 4.79 Å². The average Bonchev–Trinajstić information content (AvgIpc) is 2.62. The highest BCUT2D eigenvalue weighted by Gasteiger charge is 2.26. The summed E-state index contributed by atoms with van der Waals surface area (Å²) in [5.41, 5.74) is 1.46. The van der Waals surface area contributed by atoms with Crippen molar-refractivity contribution in [2.24, 2.45) is 0 Å². The number of nitrogens with zero attached hydrogens (tertiary/aromatic N) is 2. The molecule has 0 aliphatic carbocycles. The Bertz CT molecular complexity index is 481. The van der Waals surface area contributed by atoms with Crippen LogP contribution in [0, 0.1) is 6.92 Å². The van der Waals surface area contributed by atoms with Gasteiger partial charge in [0.2, 0.25) is 0 Å². The molecule has 0 atom stereocenters. The third-order valence-corrected chi connectivity index (χ3v) is 3.10. The first-order valence-corrected chi connectivity index (χ1v) is 5.33. The van der Waals surface area contributed by atoms with E-state index >= 15 is 0 Å². The Balaban J connectivity index is 2.76. The normalized spacial score (nSPS) is 12.2. The molecule has 0 radical (unpaired) electrons. The summed E-state index contributed by atoms with van der Waals surface area (Å²) < 4.78 is 1.99. The topological polar surface area (TPSA) is 34.4 Å². The summed E-state index contributed by atoms with van der Waals surface area (Å²) in [6, 6.07) is 0. The molecule has 0 aliphatic rings. The summed E-state index contributed by atoms with van der Waals surface area (Å²) in [6.07, 6.45) is 2.93. The smallest absolute Gasteiger partial charge is 0.194 e. The second kappa shape index (κ2) is 2.92. The molecule has 0 fully saturated rings. The van der Waals surface area contributed by atoms with Crippen LogP contribution in [0.1, 0.15) is 25.2 Å². The number of carbonyl (C=O) groups is 1. The molecular weight excluding hydrogens is 196 g/mol. The molecule has 2 aromatic rings. The van der Waals surface area contributed by atoms with Gasteiger partial charge in [-0.15, -0.1) is 11.3 Å². The highest BCUT2D eigenvalue weighted by Crippen LogP contribution is 2.27. The number of aldehydes is 1. The zero-order valence-corrected chi connectivity index (χ0v) is 9.26. The van der Waals surface area contributed by atoms with E-state index in [2.05, 4.69) is 4.98 Å². The second-order valence-electron chi connectivity index (χ2n) is 3.94. The number of rotatable bonds is 2. The van der Waals surface area contributed by atoms with E-state index in [1.165, 1.54) is 0 Å². The predicted molar refractivity (Wildman–Crippen MR) is 56.9 cm³/mol. The van der Waals surface area contributed by atoms with Gasteiger partial charge in [0.05, 0.1) is 16.8 Å². The van der Waals surface area contributed by atoms with Crippen molar-refractivity contribution in [2.45, 2.75) is 26.2 Å². The SMILES string of the molecule is Cc1nc2sccn2c1C(C)(C)C=O. The minimum absolute atomic E-state index is 0.468. The Hall–Kier alpha value is -1.16. The molecule has 2 rings (SSSR count). The summed E-state index contributed by atoms with van der Waals surface area (Å²) in [6.45, 7) is 5.77. The van der Waals surface area contributed by atoms with Crippen LogP contribution >= 0.6 is 11.3 Å². The van der Waals surface area contributed by atoms with Crippen LogP contribution in [0.25, 0.3) is 4.96 Å². The molecule has 0 N–H and O–H groups in total. The first kappa shape index (κ1) is 9.40. The number of thiazole rings is 1. The standard InChI is InChI=1S/C10H12N2OS/c1-7-8(10(2,3)6-13)12-4-5-14-9(12)11-7/h4-6H,1-3H3. The van der Waals surface area contributed by atoms with Crippen molar-refractivity contribution in [2.75, 3.05) is 0 Å². The van der Waals surface area contributed by atoms with Gasteiger partial charge in [-0.2, -0.15) is 0 Å². The Labute approximate surface area is 86.4 Å². The summed E-state index contributed by atoms with van der Waals surface area (Å²) in [7, 11) is 0. The van der Waals surface area contributed by atoms with Gasteiger partial charge >= 0.3 is 0 Å². The molecule has 0 aromatic carbocycles. The summed E-state index contributed by atoms with van der Waals surface area (Å²) in [5.74, 6) is 0. The monoisotopic (exact) mass is 208 g/mol. The Morgan fingerprint density at radius 1 is 1.57 bits per heavy atom. The lowest BCUT2D eigenvalue weighted by Crippen LogP contribution is -2.21. The van der Waals surface area contributed by atoms with Gasteiger partial charge in [0.15, 0.2) is 4.96 Å². The maximum absolute atomic E-state index is 11.0. The van der Waals surface area contributed by atoms with Crippen LogP contribution < -0.4 is 0 Å². The van der Waals surface area contributed by atoms with E-state index in [1.54, 1.807) is 11.3 Å². The van der Waals surface area contributed by atoms with Gasteiger partial charge in [0.25, 0.3) is 0 Å². The van der Waals surface area contributed by atoms with E-state index in [-0.39, 0.29) is 0 Å². The minimum atomic E-state index is -0.468. The van der Waals surface area contributed by atoms with E-state index in [1.807, 2.05) is 36.7 Å². The van der Waals surface area contributed by atoms with Gasteiger partial charge in [-0.1, -0.05) is 0 Å². The van der Waals surface area contributed by atoms with E-state index in [0.29, 0.717) is 0 Å². The molecule has 0 amide bonds. The van der Waals surface area contributed by atoms with Gasteiger partial charge < -0.3 is 4.79 Å². The maximum Gasteiger partial charge on any atom is 0.194 e. The fourth-order valence-electron chi connectivity index (χ4n) is 1.73. The van der Waals surface area contributed by atoms with Crippen LogP contribution in [-0.2, 0) is 10.2 Å². The third kappa shape index (κ3) is 1.18. The number of hydrogen-bond donors (Lipinski definition) is 0. The summed E-state index contributed by atoms with van der Waals surface area (Å²) in [5, 5.41) is 1.98. The third-order valence-electron chi connectivity index (χ3n) is 2.34. The number of hydrogen-bond acceptors (Lipinski definition) is 3. The van der Waals surface area contributed by atoms with Gasteiger partial charge in [0, 0.05) is 11.6 Å². The zero-order chi connectivity index (χ0) is 10.3. The van der Waals surface area contributed by atoms with Gasteiger partial charge in [-0.3, -0.25) is 4.40 Å². The largest absolute Gasteiger partial charge is 0.302 e. The highest BCUT2D eigenvalue weighted by atomic mass is 32.1. The predicted octanol–water partition coefficient (Wildman–Crippen LogP) is 2.18. The molecule has 14 heavy (non-hydrogen) atoms. The molecule has 74 valence electrons. The molecule has 2 heterocycles. The number of imidazole rings is 1. The molecule has 0 aliphatic heterocycles. The lowest BCUT2D eigenvalue weighted by atomic mass is 9.90. The quantitative estimate of drug-likeness (QED) is 0.709. The molecule has 0 spiro atoms. The molecule has 3 nitrogen and oxygen atoms in total. The first-order chi connectivity index (χ1) is 6.56. The number of carbonyl (C=O) groups excluding carboxylic acids is 1. The number of aryl methyl sites for hydroxylation is 1. The van der Waals surface area contributed by atoms with Crippen LogP contribution in [0.15, 0.2) is 11.6 Å². The van der Waals surface area contributed by atoms with Crippen molar-refractivity contribution >= 4 is 22.6 Å². The van der Waals surface area contributed by atoms with Gasteiger partial charge in [-0.25, -0.2) is 4.98 Å². The van der Waals surface area contributed by atoms with Crippen molar-refractivity contribution < 1.29 is 4.79 Å². The lowest BCUT2D eigenvalue weighted by molar-refractivity contribution is -0.111. The van der Waals surface area contributed by atoms with Crippen LogP contribution in [-0.4, -0.2) is 15.7 Å². The summed E-state index contributed by atoms with van der Waals surface area (Å²) >= 11 is 1.58. The van der Waals surface area contributed by atoms with Gasteiger partial charge in [0.1, 0.15) is 6.29 Å². The van der Waals surface area contributed by atoms with Crippen molar-refractivity contribution in [3.8, 4) is 0 Å². The van der Waals surface area contributed by atoms with Crippen molar-refractivity contribution in [1.29, 1.82) is 0 Å². The average molecular weight is 208 g/mol. The van der Waals surface area contributed by atoms with Crippen LogP contribution in [0.5, 0.6) is 0 Å². The Kier molecular flexibility index (Phi) is 1.96. The van der Waals surface area contributed by atoms with Crippen molar-refractivity contribution in [3.05, 3.63) is 23.0 Å². The van der Waals surface area contributed by atoms with Crippen LogP contribution in [0.3, 0.4) is 0 Å². The van der Waals surface area contributed by atoms with E-state index < -0.39 is 5.41 Å². The second-order valence-corrected chi connectivity index (χ2v) is 4.81. The molecule has 0 unspecified atom stereocenters. The summed E-state index contributed by atoms with van der Waals surface area (Å²) in [4.78, 5) is 16.4. The van der Waals surface area contributed by atoms with Crippen LogP contribution in [0.2, 0.25) is 0 Å². The minimum Gasteiger partial charge on any atom is -0.302 e. The Morgan fingerprint density at radius 2 is 2.29 bits per heavy atom. The molecule has 0 saturated carbocycles. The molecular formula is C10H12N2OS. The molecule has 0 saturated heterocycles. The molecule has 2 aromatic heterocycles. The number of fused-ring (bicyclic) bond motifs is 1. The number of aromatic nitrogens is 2. The lowest BCUT2D eigenvalue weighted by Gasteiger charge is -2.16. The van der Waals surface area contributed by atoms with Crippen molar-refractivity contribution in [3.63, 3.8) is 0 Å². The fourth-order valence-corrected chi connectivity index (χ4v) is 2.49. The van der Waals surface area contributed by atoms with E-state index in [0.717, 1.165) is 22.6 Å². The molecule has 4 heteroatoms. The maximum atomic E-state index is 11.0. The van der Waals surface area contributed by atoms with Crippen molar-refractivity contribution in [1.82, 2.24) is 9.38 Å².